The molecule has 0 bridgehead atoms. The number of hydrogen-bond donors (Lipinski definition) is 2. The fourth-order valence-corrected chi connectivity index (χ4v) is 1.90. The van der Waals surface area contributed by atoms with Crippen LogP contribution in [0.4, 0.5) is 0 Å². The average Bonchev–Trinajstić information content (AvgIpc) is 2.04. The van der Waals surface area contributed by atoms with Gasteiger partial charge in [-0.05, 0) is 12.3 Å². The third-order valence-electron chi connectivity index (χ3n) is 2.50. The number of ether oxygens (including phenoxy) is 1. The molecule has 64 valence electrons. The van der Waals surface area contributed by atoms with E-state index < -0.39 is 0 Å². The zero-order valence-corrected chi connectivity index (χ0v) is 6.97. The lowest BCUT2D eigenvalue weighted by atomic mass is 9.95. The summed E-state index contributed by atoms with van der Waals surface area (Å²) in [7, 11) is 0. The van der Waals surface area contributed by atoms with E-state index in [2.05, 4.69) is 17.6 Å². The molecule has 0 aromatic rings. The molecule has 2 fully saturated rings. The van der Waals surface area contributed by atoms with E-state index in [1.807, 2.05) is 0 Å². The molecule has 0 saturated carbocycles. The van der Waals surface area contributed by atoms with E-state index in [0.29, 0.717) is 6.04 Å². The van der Waals surface area contributed by atoms with Gasteiger partial charge in [0.2, 0.25) is 0 Å². The third kappa shape index (κ3) is 1.55. The molecule has 3 unspecified atom stereocenters. The van der Waals surface area contributed by atoms with Crippen molar-refractivity contribution in [3.63, 3.8) is 0 Å². The first kappa shape index (κ1) is 7.53. The lowest BCUT2D eigenvalue weighted by Crippen LogP contribution is -2.59. The summed E-state index contributed by atoms with van der Waals surface area (Å²) < 4.78 is 5.56. The van der Waals surface area contributed by atoms with Crippen LogP contribution < -0.4 is 10.6 Å². The summed E-state index contributed by atoms with van der Waals surface area (Å²) in [6.07, 6.45) is 1.53. The molecule has 0 radical (unpaired) electrons. The Morgan fingerprint density at radius 2 is 2.27 bits per heavy atom. The van der Waals surface area contributed by atoms with Crippen LogP contribution in [0.15, 0.2) is 0 Å². The Bertz CT molecular complexity index is 140. The van der Waals surface area contributed by atoms with E-state index >= 15 is 0 Å². The predicted molar refractivity (Wildman–Crippen MR) is 43.3 cm³/mol. The molecule has 2 rings (SSSR count). The Balaban J connectivity index is 1.93. The van der Waals surface area contributed by atoms with E-state index in [9.17, 15) is 0 Å². The van der Waals surface area contributed by atoms with Crippen LogP contribution in [0.5, 0.6) is 0 Å². The number of hydrogen-bond acceptors (Lipinski definition) is 3. The van der Waals surface area contributed by atoms with Crippen molar-refractivity contribution < 1.29 is 4.74 Å². The topological polar surface area (TPSA) is 33.3 Å². The Kier molecular flexibility index (Phi) is 2.11. The summed E-state index contributed by atoms with van der Waals surface area (Å²) in [6, 6.07) is 0.549. The SMILES string of the molecule is CC1CNC2OCCNC2C1. The highest BCUT2D eigenvalue weighted by atomic mass is 16.5. The summed E-state index contributed by atoms with van der Waals surface area (Å²) in [5.41, 5.74) is 0. The summed E-state index contributed by atoms with van der Waals surface area (Å²) in [4.78, 5) is 0. The molecule has 2 aliphatic rings. The van der Waals surface area contributed by atoms with Crippen molar-refractivity contribution in [1.29, 1.82) is 0 Å². The third-order valence-corrected chi connectivity index (χ3v) is 2.50. The fourth-order valence-electron chi connectivity index (χ4n) is 1.90. The van der Waals surface area contributed by atoms with Crippen LogP contribution in [0.25, 0.3) is 0 Å². The van der Waals surface area contributed by atoms with Gasteiger partial charge in [-0.1, -0.05) is 6.92 Å². The zero-order valence-electron chi connectivity index (χ0n) is 6.97. The molecular formula is C8H16N2O. The van der Waals surface area contributed by atoms with Gasteiger partial charge in [-0.25, -0.2) is 0 Å². The molecule has 0 aromatic carbocycles. The molecule has 0 spiro atoms. The Morgan fingerprint density at radius 1 is 1.36 bits per heavy atom. The normalized spacial score (nSPS) is 45.0. The maximum Gasteiger partial charge on any atom is 0.123 e. The van der Waals surface area contributed by atoms with Gasteiger partial charge in [-0.2, -0.15) is 0 Å². The van der Waals surface area contributed by atoms with Crippen molar-refractivity contribution in [2.75, 3.05) is 19.7 Å². The molecule has 0 amide bonds. The van der Waals surface area contributed by atoms with E-state index in [1.165, 1.54) is 6.42 Å². The van der Waals surface area contributed by atoms with Crippen molar-refractivity contribution in [1.82, 2.24) is 10.6 Å². The fraction of sp³-hybridized carbons (Fsp3) is 1.00. The van der Waals surface area contributed by atoms with Crippen molar-refractivity contribution in [2.45, 2.75) is 25.6 Å². The van der Waals surface area contributed by atoms with Gasteiger partial charge in [-0.3, -0.25) is 5.32 Å². The Labute approximate surface area is 67.5 Å². The van der Waals surface area contributed by atoms with E-state index in [4.69, 9.17) is 4.74 Å². The molecule has 0 aliphatic carbocycles. The number of fused-ring (bicyclic) bond motifs is 1. The highest BCUT2D eigenvalue weighted by Crippen LogP contribution is 2.16. The van der Waals surface area contributed by atoms with Crippen molar-refractivity contribution >= 4 is 0 Å². The number of rotatable bonds is 0. The minimum absolute atomic E-state index is 0.278. The van der Waals surface area contributed by atoms with Crippen LogP contribution in [0, 0.1) is 5.92 Å². The van der Waals surface area contributed by atoms with E-state index in [-0.39, 0.29) is 6.23 Å². The number of morpholine rings is 1. The van der Waals surface area contributed by atoms with Crippen LogP contribution in [0.1, 0.15) is 13.3 Å². The lowest BCUT2D eigenvalue weighted by Gasteiger charge is -2.39. The minimum Gasteiger partial charge on any atom is -0.360 e. The van der Waals surface area contributed by atoms with Crippen LogP contribution in [0.3, 0.4) is 0 Å². The lowest BCUT2D eigenvalue weighted by molar-refractivity contribution is -0.0463. The summed E-state index contributed by atoms with van der Waals surface area (Å²) >= 11 is 0. The molecule has 2 aliphatic heterocycles. The molecule has 0 aromatic heterocycles. The van der Waals surface area contributed by atoms with Crippen LogP contribution in [0.2, 0.25) is 0 Å². The second-order valence-electron chi connectivity index (χ2n) is 3.60. The maximum absolute atomic E-state index is 5.56. The highest BCUT2D eigenvalue weighted by Gasteiger charge is 2.30. The van der Waals surface area contributed by atoms with Crippen molar-refractivity contribution in [2.24, 2.45) is 5.92 Å². The second kappa shape index (κ2) is 3.09. The molecule has 2 saturated heterocycles. The number of nitrogens with one attached hydrogen (secondary N) is 2. The molecule has 11 heavy (non-hydrogen) atoms. The molecule has 3 heteroatoms. The predicted octanol–water partition coefficient (Wildman–Crippen LogP) is -0.0697. The molecule has 3 nitrogen and oxygen atoms in total. The van der Waals surface area contributed by atoms with Gasteiger partial charge in [0.25, 0.3) is 0 Å². The second-order valence-corrected chi connectivity index (χ2v) is 3.60. The van der Waals surface area contributed by atoms with Crippen LogP contribution in [-0.4, -0.2) is 32.0 Å². The van der Waals surface area contributed by atoms with E-state index in [1.54, 1.807) is 0 Å². The smallest absolute Gasteiger partial charge is 0.123 e. The zero-order chi connectivity index (χ0) is 7.68. The summed E-state index contributed by atoms with van der Waals surface area (Å²) in [6.45, 7) is 5.24. The van der Waals surface area contributed by atoms with Crippen LogP contribution >= 0.6 is 0 Å². The molecule has 2 N–H and O–H groups in total. The van der Waals surface area contributed by atoms with Gasteiger partial charge in [0.05, 0.1) is 6.61 Å². The van der Waals surface area contributed by atoms with Crippen LogP contribution in [-0.2, 0) is 4.74 Å². The molecular weight excluding hydrogens is 140 g/mol. The van der Waals surface area contributed by atoms with Gasteiger partial charge in [0.1, 0.15) is 6.23 Å². The van der Waals surface area contributed by atoms with Gasteiger partial charge >= 0.3 is 0 Å². The standard InChI is InChI=1S/C8H16N2O/c1-6-4-7-8(10-5-6)11-3-2-9-7/h6-10H,2-5H2,1H3. The largest absolute Gasteiger partial charge is 0.360 e. The summed E-state index contributed by atoms with van der Waals surface area (Å²) in [5.74, 6) is 0.783. The molecule has 2 heterocycles. The first-order valence-corrected chi connectivity index (χ1v) is 4.44. The first-order chi connectivity index (χ1) is 5.36. The summed E-state index contributed by atoms with van der Waals surface area (Å²) in [5, 5.41) is 6.85. The monoisotopic (exact) mass is 156 g/mol. The van der Waals surface area contributed by atoms with Crippen molar-refractivity contribution in [3.05, 3.63) is 0 Å². The maximum atomic E-state index is 5.56. The Morgan fingerprint density at radius 3 is 3.18 bits per heavy atom. The molecule has 3 atom stereocenters. The van der Waals surface area contributed by atoms with E-state index in [0.717, 1.165) is 25.6 Å². The van der Waals surface area contributed by atoms with Crippen molar-refractivity contribution in [3.8, 4) is 0 Å². The minimum atomic E-state index is 0.278. The number of piperidine rings is 1. The Hall–Kier alpha value is -0.120. The quantitative estimate of drug-likeness (QED) is 0.515. The van der Waals surface area contributed by atoms with Gasteiger partial charge in [0.15, 0.2) is 0 Å². The highest BCUT2D eigenvalue weighted by molar-refractivity contribution is 4.85. The van der Waals surface area contributed by atoms with Gasteiger partial charge in [-0.15, -0.1) is 0 Å². The average molecular weight is 156 g/mol. The van der Waals surface area contributed by atoms with Gasteiger partial charge < -0.3 is 10.1 Å². The first-order valence-electron chi connectivity index (χ1n) is 4.44. The van der Waals surface area contributed by atoms with Gasteiger partial charge in [0, 0.05) is 19.1 Å².